The van der Waals surface area contributed by atoms with Crippen LogP contribution in [0.15, 0.2) is 29.3 Å². The van der Waals surface area contributed by atoms with E-state index in [1.54, 1.807) is 7.11 Å². The Morgan fingerprint density at radius 3 is 2.33 bits per heavy atom. The van der Waals surface area contributed by atoms with Crippen LogP contribution in [0, 0.1) is 0 Å². The lowest BCUT2D eigenvalue weighted by atomic mass is 10.1. The first kappa shape index (κ1) is 28.4. The largest absolute Gasteiger partial charge is 0.491 e. The second kappa shape index (κ2) is 15.2. The van der Waals surface area contributed by atoms with Crippen molar-refractivity contribution in [3.05, 3.63) is 24.3 Å². The normalized spacial score (nSPS) is 11.6. The summed E-state index contributed by atoms with van der Waals surface area (Å²) in [5, 5.41) is 9.27. The molecule has 172 valence electrons. The molecule has 0 unspecified atom stereocenters. The van der Waals surface area contributed by atoms with Crippen LogP contribution in [-0.4, -0.2) is 63.5 Å². The van der Waals surface area contributed by atoms with Gasteiger partial charge in [-0.3, -0.25) is 4.79 Å². The van der Waals surface area contributed by atoms with E-state index in [4.69, 9.17) is 14.2 Å². The van der Waals surface area contributed by atoms with Crippen molar-refractivity contribution in [2.24, 2.45) is 4.99 Å². The maximum Gasteiger partial charge on any atom is 0.242 e. The summed E-state index contributed by atoms with van der Waals surface area (Å²) < 4.78 is 16.1. The molecule has 1 aromatic carbocycles. The first-order valence-corrected chi connectivity index (χ1v) is 9.89. The van der Waals surface area contributed by atoms with Crippen molar-refractivity contribution in [3.63, 3.8) is 0 Å². The summed E-state index contributed by atoms with van der Waals surface area (Å²) in [6, 6.07) is 7.58. The fraction of sp³-hybridized carbons (Fsp3) is 0.619. The Kier molecular flexibility index (Phi) is 14.4. The Morgan fingerprint density at radius 2 is 1.77 bits per heavy atom. The molecule has 1 aromatic rings. The minimum absolute atomic E-state index is 0. The highest BCUT2D eigenvalue weighted by Crippen LogP contribution is 2.16. The highest BCUT2D eigenvalue weighted by atomic mass is 127. The van der Waals surface area contributed by atoms with Gasteiger partial charge in [-0.05, 0) is 58.9 Å². The molecule has 0 aliphatic rings. The number of rotatable bonds is 11. The zero-order valence-electron chi connectivity index (χ0n) is 18.9. The van der Waals surface area contributed by atoms with Crippen LogP contribution in [0.25, 0.3) is 0 Å². The predicted octanol–water partition coefficient (Wildman–Crippen LogP) is 3.03. The van der Waals surface area contributed by atoms with Gasteiger partial charge in [0.05, 0.1) is 25.9 Å². The number of methoxy groups -OCH3 is 1. The number of guanidine groups is 1. The summed E-state index contributed by atoms with van der Waals surface area (Å²) in [5.41, 5.74) is 0.540. The lowest BCUT2D eigenvalue weighted by Crippen LogP contribution is -2.42. The highest BCUT2D eigenvalue weighted by Gasteiger charge is 2.13. The van der Waals surface area contributed by atoms with Gasteiger partial charge in [0, 0.05) is 24.9 Å². The van der Waals surface area contributed by atoms with Crippen LogP contribution in [0.1, 0.15) is 34.6 Å². The van der Waals surface area contributed by atoms with Crippen molar-refractivity contribution in [1.82, 2.24) is 10.6 Å². The number of anilines is 1. The Bertz CT molecular complexity index is 631. The van der Waals surface area contributed by atoms with Crippen LogP contribution in [0.5, 0.6) is 5.75 Å². The van der Waals surface area contributed by atoms with Crippen molar-refractivity contribution in [3.8, 4) is 5.75 Å². The Hall–Kier alpha value is -1.59. The van der Waals surface area contributed by atoms with Crippen LogP contribution in [0.2, 0.25) is 0 Å². The number of halogens is 1. The number of hydrogen-bond donors (Lipinski definition) is 3. The van der Waals surface area contributed by atoms with Gasteiger partial charge in [-0.15, -0.1) is 24.0 Å². The zero-order chi connectivity index (χ0) is 21.7. The molecule has 0 spiro atoms. The number of ether oxygens (including phenoxy) is 3. The maximum absolute atomic E-state index is 12.1. The standard InChI is InChI=1S/C21H36N4O4.HI/c1-16(2)29-18-9-7-17(8-10-18)24-20(22-11-12-28-14-13-27-6)23-15-19(26)25-21(3,4)5;/h7-10,16H,11-15H2,1-6H3,(H,25,26)(H2,22,23,24);1H. The Morgan fingerprint density at radius 1 is 1.10 bits per heavy atom. The first-order chi connectivity index (χ1) is 13.7. The van der Waals surface area contributed by atoms with Gasteiger partial charge in [-0.2, -0.15) is 0 Å². The molecule has 9 heteroatoms. The Balaban J connectivity index is 0.00000841. The smallest absolute Gasteiger partial charge is 0.242 e. The molecule has 0 saturated carbocycles. The molecule has 1 amide bonds. The van der Waals surface area contributed by atoms with E-state index in [2.05, 4.69) is 20.9 Å². The van der Waals surface area contributed by atoms with Gasteiger partial charge in [0.25, 0.3) is 0 Å². The van der Waals surface area contributed by atoms with Crippen molar-refractivity contribution in [2.75, 3.05) is 45.3 Å². The number of carbonyl (C=O) groups is 1. The van der Waals surface area contributed by atoms with Crippen molar-refractivity contribution >= 4 is 41.5 Å². The quantitative estimate of drug-likeness (QED) is 0.174. The third-order valence-electron chi connectivity index (χ3n) is 3.35. The maximum atomic E-state index is 12.1. The lowest BCUT2D eigenvalue weighted by molar-refractivity contribution is -0.121. The van der Waals surface area contributed by atoms with E-state index in [1.165, 1.54) is 0 Å². The predicted molar refractivity (Wildman–Crippen MR) is 132 cm³/mol. The third-order valence-corrected chi connectivity index (χ3v) is 3.35. The number of aliphatic imine (C=N–C) groups is 1. The fourth-order valence-corrected chi connectivity index (χ4v) is 2.26. The molecule has 0 atom stereocenters. The summed E-state index contributed by atoms with van der Waals surface area (Å²) in [4.78, 5) is 16.5. The molecule has 8 nitrogen and oxygen atoms in total. The van der Waals surface area contributed by atoms with Gasteiger partial charge in [0.1, 0.15) is 12.3 Å². The van der Waals surface area contributed by atoms with Crippen LogP contribution in [0.4, 0.5) is 5.69 Å². The van der Waals surface area contributed by atoms with Crippen LogP contribution in [-0.2, 0) is 14.3 Å². The molecule has 30 heavy (non-hydrogen) atoms. The summed E-state index contributed by atoms with van der Waals surface area (Å²) in [7, 11) is 1.64. The molecular formula is C21H37IN4O4. The summed E-state index contributed by atoms with van der Waals surface area (Å²) >= 11 is 0. The molecule has 0 aromatic heterocycles. The van der Waals surface area contributed by atoms with Crippen molar-refractivity contribution in [1.29, 1.82) is 0 Å². The molecule has 0 heterocycles. The summed E-state index contributed by atoms with van der Waals surface area (Å²) in [6.45, 7) is 11.9. The molecule has 0 saturated heterocycles. The van der Waals surface area contributed by atoms with E-state index in [-0.39, 0.29) is 48.1 Å². The molecule has 0 bridgehead atoms. The van der Waals surface area contributed by atoms with Gasteiger partial charge < -0.3 is 30.2 Å². The van der Waals surface area contributed by atoms with Crippen LogP contribution in [0.3, 0.4) is 0 Å². The third kappa shape index (κ3) is 14.4. The van der Waals surface area contributed by atoms with Gasteiger partial charge in [-0.25, -0.2) is 4.99 Å². The van der Waals surface area contributed by atoms with Gasteiger partial charge in [0.2, 0.25) is 5.91 Å². The number of hydrogen-bond acceptors (Lipinski definition) is 5. The minimum Gasteiger partial charge on any atom is -0.491 e. The molecule has 0 radical (unpaired) electrons. The van der Waals surface area contributed by atoms with Crippen LogP contribution >= 0.6 is 24.0 Å². The topological polar surface area (TPSA) is 93.2 Å². The highest BCUT2D eigenvalue weighted by molar-refractivity contribution is 14.0. The summed E-state index contributed by atoms with van der Waals surface area (Å²) in [5.74, 6) is 1.16. The number of nitrogens with zero attached hydrogens (tertiary/aromatic N) is 1. The van der Waals surface area contributed by atoms with Crippen molar-refractivity contribution < 1.29 is 19.0 Å². The van der Waals surface area contributed by atoms with Crippen LogP contribution < -0.4 is 20.7 Å². The van der Waals surface area contributed by atoms with E-state index in [0.717, 1.165) is 11.4 Å². The number of amides is 1. The SMILES string of the molecule is COCCOCCNC(=NCC(=O)NC(C)(C)C)Nc1ccc(OC(C)C)cc1.I. The Labute approximate surface area is 197 Å². The average Bonchev–Trinajstić information content (AvgIpc) is 2.62. The number of carbonyl (C=O) groups excluding carboxylic acids is 1. The van der Waals surface area contributed by atoms with E-state index in [0.29, 0.717) is 32.3 Å². The number of nitrogens with one attached hydrogen (secondary N) is 3. The minimum atomic E-state index is -0.297. The second-order valence-electron chi connectivity index (χ2n) is 7.81. The van der Waals surface area contributed by atoms with Gasteiger partial charge >= 0.3 is 0 Å². The van der Waals surface area contributed by atoms with E-state index in [1.807, 2.05) is 58.9 Å². The van der Waals surface area contributed by atoms with E-state index >= 15 is 0 Å². The average molecular weight is 536 g/mol. The monoisotopic (exact) mass is 536 g/mol. The van der Waals surface area contributed by atoms with E-state index in [9.17, 15) is 4.79 Å². The van der Waals surface area contributed by atoms with E-state index < -0.39 is 0 Å². The zero-order valence-corrected chi connectivity index (χ0v) is 21.2. The molecule has 0 fully saturated rings. The molecule has 0 aliphatic heterocycles. The lowest BCUT2D eigenvalue weighted by Gasteiger charge is -2.20. The fourth-order valence-electron chi connectivity index (χ4n) is 2.26. The molecular weight excluding hydrogens is 499 g/mol. The van der Waals surface area contributed by atoms with Crippen molar-refractivity contribution in [2.45, 2.75) is 46.3 Å². The van der Waals surface area contributed by atoms with Gasteiger partial charge in [-0.1, -0.05) is 0 Å². The molecule has 1 rings (SSSR count). The van der Waals surface area contributed by atoms with Gasteiger partial charge in [0.15, 0.2) is 5.96 Å². The molecule has 3 N–H and O–H groups in total. The molecule has 0 aliphatic carbocycles. The second-order valence-corrected chi connectivity index (χ2v) is 7.81. The number of benzene rings is 1. The first-order valence-electron chi connectivity index (χ1n) is 9.89. The summed E-state index contributed by atoms with van der Waals surface area (Å²) in [6.07, 6.45) is 0.118.